The van der Waals surface area contributed by atoms with Gasteiger partial charge in [-0.1, -0.05) is 0 Å². The van der Waals surface area contributed by atoms with Gasteiger partial charge < -0.3 is 10.7 Å². The predicted octanol–water partition coefficient (Wildman–Crippen LogP) is 3.66. The minimum Gasteiger partial charge on any atom is -0.365 e. The molecule has 0 amide bonds. The lowest BCUT2D eigenvalue weighted by molar-refractivity contribution is -0.0605. The first kappa shape index (κ1) is 12.0. The summed E-state index contributed by atoms with van der Waals surface area (Å²) in [6.07, 6.45) is 12.5. The van der Waals surface area contributed by atoms with Crippen LogP contribution in [0.5, 0.6) is 0 Å². The van der Waals surface area contributed by atoms with Gasteiger partial charge in [0.2, 0.25) is 0 Å². The highest BCUT2D eigenvalue weighted by atomic mass is 14.7. The number of nitrogens with one attached hydrogen (secondary N) is 1. The number of H-pyrrole nitrogens is 1. The molecule has 1 unspecified atom stereocenters. The molecule has 4 fully saturated rings. The van der Waals surface area contributed by atoms with Crippen molar-refractivity contribution in [3.8, 4) is 0 Å². The third-order valence-corrected chi connectivity index (χ3v) is 6.19. The summed E-state index contributed by atoms with van der Waals surface area (Å²) in [7, 11) is 0. The van der Waals surface area contributed by atoms with E-state index in [1.807, 2.05) is 6.20 Å². The molecule has 4 aliphatic carbocycles. The maximum atomic E-state index is 6.07. The Morgan fingerprint density at radius 3 is 2.26 bits per heavy atom. The van der Waals surface area contributed by atoms with E-state index in [1.54, 1.807) is 0 Å². The topological polar surface area (TPSA) is 41.8 Å². The van der Waals surface area contributed by atoms with Crippen molar-refractivity contribution < 1.29 is 0 Å². The highest BCUT2D eigenvalue weighted by molar-refractivity contribution is 5.13. The molecule has 0 aliphatic heterocycles. The highest BCUT2D eigenvalue weighted by Crippen LogP contribution is 2.62. The zero-order valence-corrected chi connectivity index (χ0v) is 11.8. The molecule has 19 heavy (non-hydrogen) atoms. The fourth-order valence-corrected chi connectivity index (χ4v) is 5.98. The zero-order valence-electron chi connectivity index (χ0n) is 11.8. The van der Waals surface area contributed by atoms with Crippen LogP contribution in [-0.2, 0) is 0 Å². The van der Waals surface area contributed by atoms with Gasteiger partial charge in [-0.3, -0.25) is 0 Å². The summed E-state index contributed by atoms with van der Waals surface area (Å²) in [5, 5.41) is 0. The van der Waals surface area contributed by atoms with Gasteiger partial charge >= 0.3 is 0 Å². The fraction of sp³-hybridized carbons (Fsp3) is 0.765. The molecule has 1 heterocycles. The first-order valence-corrected chi connectivity index (χ1v) is 8.10. The molecule has 1 aromatic rings. The van der Waals surface area contributed by atoms with E-state index >= 15 is 0 Å². The summed E-state index contributed by atoms with van der Waals surface area (Å²) in [6, 6.07) is 4.33. The molecule has 4 bridgehead atoms. The molecular formula is C17H26N2. The second-order valence-corrected chi connectivity index (χ2v) is 7.68. The van der Waals surface area contributed by atoms with Crippen molar-refractivity contribution in [2.45, 2.75) is 50.9 Å². The Morgan fingerprint density at radius 1 is 1.16 bits per heavy atom. The summed E-state index contributed by atoms with van der Waals surface area (Å²) in [5.41, 5.74) is 8.08. The van der Waals surface area contributed by atoms with Crippen LogP contribution in [0.4, 0.5) is 0 Å². The number of nitrogens with two attached hydrogens (primary N) is 1. The Labute approximate surface area is 116 Å². The lowest BCUT2D eigenvalue weighted by Crippen LogP contribution is -2.47. The van der Waals surface area contributed by atoms with Gasteiger partial charge in [0.05, 0.1) is 0 Å². The van der Waals surface area contributed by atoms with Crippen LogP contribution in [0, 0.1) is 23.2 Å². The van der Waals surface area contributed by atoms with Gasteiger partial charge in [0.1, 0.15) is 0 Å². The summed E-state index contributed by atoms with van der Waals surface area (Å²) in [5.74, 6) is 3.70. The number of rotatable bonds is 4. The van der Waals surface area contributed by atoms with Gasteiger partial charge in [0.15, 0.2) is 0 Å². The first-order chi connectivity index (χ1) is 9.26. The molecule has 4 aliphatic rings. The average molecular weight is 258 g/mol. The van der Waals surface area contributed by atoms with Crippen molar-refractivity contribution >= 4 is 0 Å². The number of aromatic amines is 1. The SMILES string of the molecule is NCC(CC12CC3CC(CC(C3)C1)C2)c1ccc[nH]1. The zero-order chi connectivity index (χ0) is 12.9. The second kappa shape index (κ2) is 4.37. The predicted molar refractivity (Wildman–Crippen MR) is 77.8 cm³/mol. The van der Waals surface area contributed by atoms with Crippen molar-refractivity contribution in [2.24, 2.45) is 28.9 Å². The summed E-state index contributed by atoms with van der Waals surface area (Å²) in [4.78, 5) is 3.39. The molecule has 1 atom stereocenters. The van der Waals surface area contributed by atoms with Crippen molar-refractivity contribution in [2.75, 3.05) is 6.54 Å². The van der Waals surface area contributed by atoms with E-state index in [-0.39, 0.29) is 0 Å². The van der Waals surface area contributed by atoms with Crippen molar-refractivity contribution in [1.82, 2.24) is 4.98 Å². The minimum absolute atomic E-state index is 0.547. The number of hydrogen-bond acceptors (Lipinski definition) is 1. The van der Waals surface area contributed by atoms with E-state index in [1.165, 1.54) is 50.6 Å². The fourth-order valence-electron chi connectivity index (χ4n) is 5.98. The van der Waals surface area contributed by atoms with Crippen LogP contribution in [0.25, 0.3) is 0 Å². The molecule has 0 saturated heterocycles. The van der Waals surface area contributed by atoms with Gasteiger partial charge in [-0.2, -0.15) is 0 Å². The van der Waals surface area contributed by atoms with Gasteiger partial charge in [-0.15, -0.1) is 0 Å². The Morgan fingerprint density at radius 2 is 1.79 bits per heavy atom. The molecule has 3 N–H and O–H groups in total. The standard InChI is InChI=1S/C17H26N2/c18-11-15(16-2-1-3-19-16)10-17-7-12-4-13(8-17)6-14(5-12)9-17/h1-3,12-15,19H,4-11,18H2. The normalized spacial score (nSPS) is 41.6. The molecule has 2 nitrogen and oxygen atoms in total. The average Bonchev–Trinajstić information content (AvgIpc) is 2.88. The van der Waals surface area contributed by atoms with E-state index in [4.69, 9.17) is 5.73 Å². The van der Waals surface area contributed by atoms with E-state index < -0.39 is 0 Å². The summed E-state index contributed by atoms with van der Waals surface area (Å²) >= 11 is 0. The molecule has 0 spiro atoms. The van der Waals surface area contributed by atoms with Crippen LogP contribution >= 0.6 is 0 Å². The van der Waals surface area contributed by atoms with E-state index in [0.29, 0.717) is 11.3 Å². The molecular weight excluding hydrogens is 232 g/mol. The molecule has 5 rings (SSSR count). The van der Waals surface area contributed by atoms with Crippen molar-refractivity contribution in [3.05, 3.63) is 24.0 Å². The van der Waals surface area contributed by atoms with Crippen LogP contribution in [0.2, 0.25) is 0 Å². The third-order valence-electron chi connectivity index (χ3n) is 6.19. The third kappa shape index (κ3) is 2.05. The van der Waals surface area contributed by atoms with Gasteiger partial charge in [0, 0.05) is 24.4 Å². The smallest absolute Gasteiger partial charge is 0.0191 e. The quantitative estimate of drug-likeness (QED) is 0.850. The molecule has 0 radical (unpaired) electrons. The second-order valence-electron chi connectivity index (χ2n) is 7.68. The molecule has 2 heteroatoms. The lowest BCUT2D eigenvalue weighted by atomic mass is 9.48. The van der Waals surface area contributed by atoms with Crippen molar-refractivity contribution in [1.29, 1.82) is 0 Å². The van der Waals surface area contributed by atoms with E-state index in [2.05, 4.69) is 17.1 Å². The van der Waals surface area contributed by atoms with Crippen LogP contribution in [0.15, 0.2) is 18.3 Å². The van der Waals surface area contributed by atoms with Crippen molar-refractivity contribution in [3.63, 3.8) is 0 Å². The van der Waals surface area contributed by atoms with Gasteiger partial charge in [-0.05, 0) is 80.2 Å². The molecule has 104 valence electrons. The highest BCUT2D eigenvalue weighted by Gasteiger charge is 2.51. The maximum Gasteiger partial charge on any atom is 0.0191 e. The Kier molecular flexibility index (Phi) is 2.77. The van der Waals surface area contributed by atoms with Gasteiger partial charge in [0.25, 0.3) is 0 Å². The van der Waals surface area contributed by atoms with E-state index in [0.717, 1.165) is 24.3 Å². The Hall–Kier alpha value is -0.760. The largest absolute Gasteiger partial charge is 0.365 e. The van der Waals surface area contributed by atoms with Crippen LogP contribution in [-0.4, -0.2) is 11.5 Å². The van der Waals surface area contributed by atoms with E-state index in [9.17, 15) is 0 Å². The minimum atomic E-state index is 0.547. The molecule has 1 aromatic heterocycles. The lowest BCUT2D eigenvalue weighted by Gasteiger charge is -2.57. The monoisotopic (exact) mass is 258 g/mol. The number of aromatic nitrogens is 1. The van der Waals surface area contributed by atoms with Crippen LogP contribution in [0.1, 0.15) is 56.6 Å². The molecule has 0 aromatic carbocycles. The summed E-state index contributed by atoms with van der Waals surface area (Å²) < 4.78 is 0. The van der Waals surface area contributed by atoms with Crippen LogP contribution in [0.3, 0.4) is 0 Å². The number of hydrogen-bond donors (Lipinski definition) is 2. The Balaban J connectivity index is 1.55. The van der Waals surface area contributed by atoms with Crippen LogP contribution < -0.4 is 5.73 Å². The summed E-state index contributed by atoms with van der Waals surface area (Å²) in [6.45, 7) is 0.794. The Bertz CT molecular complexity index is 399. The first-order valence-electron chi connectivity index (χ1n) is 8.10. The van der Waals surface area contributed by atoms with Gasteiger partial charge in [-0.25, -0.2) is 0 Å². The molecule has 4 saturated carbocycles. The maximum absolute atomic E-state index is 6.07.